The van der Waals surface area contributed by atoms with Crippen LogP contribution in [-0.2, 0) is 15.6 Å². The number of carbonyl (C=O) groups is 2. The molecule has 0 radical (unpaired) electrons. The third kappa shape index (κ3) is 8.56. The normalized spacial score (nSPS) is 12.2. The summed E-state index contributed by atoms with van der Waals surface area (Å²) in [6, 6.07) is 18.3. The smallest absolute Gasteiger partial charge is 0.338 e. The maximum absolute atomic E-state index is 13.2. The van der Waals surface area contributed by atoms with Gasteiger partial charge >= 0.3 is 5.97 Å². The topological polar surface area (TPSA) is 126 Å². The maximum atomic E-state index is 13.2. The molecule has 3 aromatic carbocycles. The molecule has 0 bridgehead atoms. The number of anilines is 1. The minimum atomic E-state index is -0.652. The third-order valence-corrected chi connectivity index (χ3v) is 9.70. The molecule has 1 heterocycles. The summed E-state index contributed by atoms with van der Waals surface area (Å²) in [5.74, 6) is -0.287. The average Bonchev–Trinajstić information content (AvgIpc) is 3.44. The number of aromatic nitrogens is 2. The Bertz CT molecular complexity index is 1910. The molecule has 11 heteroatoms. The molecular formula is C38H42Cl2N4O5. The van der Waals surface area contributed by atoms with Gasteiger partial charge in [0.05, 0.1) is 27.2 Å². The van der Waals surface area contributed by atoms with E-state index in [-0.39, 0.29) is 44.6 Å². The second-order valence-electron chi connectivity index (χ2n) is 13.2. The Labute approximate surface area is 297 Å². The molecule has 0 fully saturated rings. The number of esters is 1. The summed E-state index contributed by atoms with van der Waals surface area (Å²) in [5, 5.41) is 14.4. The molecule has 0 saturated carbocycles. The van der Waals surface area contributed by atoms with Crippen LogP contribution in [0.2, 0.25) is 10.0 Å². The Morgan fingerprint density at radius 1 is 0.918 bits per heavy atom. The largest absolute Gasteiger partial charge is 0.487 e. The van der Waals surface area contributed by atoms with Crippen LogP contribution in [0.1, 0.15) is 105 Å². The lowest BCUT2D eigenvalue weighted by molar-refractivity contribution is 0.0302. The number of nitrogens with zero attached hydrogens (tertiary/aromatic N) is 2. The van der Waals surface area contributed by atoms with Crippen molar-refractivity contribution in [3.63, 3.8) is 0 Å². The molecule has 0 aliphatic heterocycles. The first-order valence-electron chi connectivity index (χ1n) is 16.3. The Morgan fingerprint density at radius 2 is 1.55 bits per heavy atom. The van der Waals surface area contributed by atoms with Crippen molar-refractivity contribution in [2.75, 3.05) is 11.9 Å². The van der Waals surface area contributed by atoms with Gasteiger partial charge in [0.1, 0.15) is 30.0 Å². The lowest BCUT2D eigenvalue weighted by Crippen LogP contribution is -2.27. The molecular weight excluding hydrogens is 663 g/mol. The van der Waals surface area contributed by atoms with Crippen molar-refractivity contribution in [1.29, 1.82) is 5.26 Å². The number of hydrogen-bond acceptors (Lipinski definition) is 6. The van der Waals surface area contributed by atoms with Gasteiger partial charge in [-0.05, 0) is 78.1 Å². The molecule has 4 aromatic rings. The number of ether oxygens (including phenoxy) is 2. The standard InChI is InChI=1S/C38H42Cl2N4O5/c1-8-27(49-31-16-15-26(37(4,5)9-2)19-28(31)38(6,7)10-3)22-48-36(47)25-17-29(39)34(30(40)18-25)44-33(45)20-32(43-44)42-35(46)24-13-11-23(21-41)12-14-24/h11-20,27,43H,8-10,22H2,1-7H3,(H,42,46). The van der Waals surface area contributed by atoms with Crippen LogP contribution in [0, 0.1) is 11.3 Å². The number of nitrogens with one attached hydrogen (secondary N) is 2. The van der Waals surface area contributed by atoms with E-state index in [2.05, 4.69) is 64.1 Å². The zero-order valence-electron chi connectivity index (χ0n) is 28.9. The van der Waals surface area contributed by atoms with Gasteiger partial charge in [0.2, 0.25) is 0 Å². The van der Waals surface area contributed by atoms with Crippen molar-refractivity contribution in [3.05, 3.63) is 109 Å². The molecule has 0 aliphatic carbocycles. The number of H-pyrrole nitrogens is 1. The lowest BCUT2D eigenvalue weighted by atomic mass is 9.76. The molecule has 0 aliphatic rings. The van der Waals surface area contributed by atoms with Gasteiger partial charge in [-0.25, -0.2) is 9.48 Å². The van der Waals surface area contributed by atoms with E-state index in [9.17, 15) is 14.4 Å². The minimum absolute atomic E-state index is 0.00109. The number of halogens is 2. The molecule has 1 atom stereocenters. The predicted octanol–water partition coefficient (Wildman–Crippen LogP) is 8.99. The van der Waals surface area contributed by atoms with Gasteiger partial charge in [-0.1, -0.05) is 83.8 Å². The number of carbonyl (C=O) groups excluding carboxylic acids is 2. The molecule has 49 heavy (non-hydrogen) atoms. The fourth-order valence-corrected chi connectivity index (χ4v) is 5.71. The van der Waals surface area contributed by atoms with Crippen LogP contribution in [0.25, 0.3) is 5.69 Å². The number of amides is 1. The number of rotatable bonds is 13. The summed E-state index contributed by atoms with van der Waals surface area (Å²) >= 11 is 13.1. The summed E-state index contributed by atoms with van der Waals surface area (Å²) < 4.78 is 13.2. The summed E-state index contributed by atoms with van der Waals surface area (Å²) in [7, 11) is 0. The highest BCUT2D eigenvalue weighted by atomic mass is 35.5. The number of aromatic amines is 1. The van der Waals surface area contributed by atoms with Gasteiger partial charge in [0, 0.05) is 17.2 Å². The van der Waals surface area contributed by atoms with Gasteiger partial charge in [0.25, 0.3) is 11.5 Å². The van der Waals surface area contributed by atoms with Crippen molar-refractivity contribution in [1.82, 2.24) is 9.78 Å². The van der Waals surface area contributed by atoms with Crippen molar-refractivity contribution < 1.29 is 19.1 Å². The molecule has 1 amide bonds. The van der Waals surface area contributed by atoms with Crippen LogP contribution in [0.5, 0.6) is 5.75 Å². The fourth-order valence-electron chi connectivity index (χ4n) is 5.06. The first-order chi connectivity index (χ1) is 23.1. The molecule has 9 nitrogen and oxygen atoms in total. The molecule has 0 saturated heterocycles. The van der Waals surface area contributed by atoms with Crippen LogP contribution in [0.4, 0.5) is 5.82 Å². The van der Waals surface area contributed by atoms with Crippen LogP contribution in [0.3, 0.4) is 0 Å². The summed E-state index contributed by atoms with van der Waals surface area (Å²) in [4.78, 5) is 38.7. The molecule has 1 unspecified atom stereocenters. The number of hydrogen-bond donors (Lipinski definition) is 2. The first kappa shape index (κ1) is 37.3. The quantitative estimate of drug-likeness (QED) is 0.134. The summed E-state index contributed by atoms with van der Waals surface area (Å²) in [6.07, 6.45) is 2.12. The van der Waals surface area contributed by atoms with Gasteiger partial charge < -0.3 is 14.8 Å². The Balaban J connectivity index is 1.48. The van der Waals surface area contributed by atoms with Crippen molar-refractivity contribution in [2.45, 2.75) is 84.7 Å². The van der Waals surface area contributed by atoms with Crippen molar-refractivity contribution in [3.8, 4) is 17.5 Å². The maximum Gasteiger partial charge on any atom is 0.338 e. The Hall–Kier alpha value is -4.52. The van der Waals surface area contributed by atoms with Crippen LogP contribution in [-0.4, -0.2) is 34.4 Å². The first-order valence-corrected chi connectivity index (χ1v) is 17.0. The SMILES string of the molecule is CCC(COC(=O)c1cc(Cl)c(-n2[nH]c(NC(=O)c3ccc(C#N)cc3)cc2=O)c(Cl)c1)Oc1ccc(C(C)(C)CC)cc1C(C)(C)CC. The van der Waals surface area contributed by atoms with Crippen LogP contribution < -0.4 is 15.6 Å². The number of benzene rings is 3. The number of nitriles is 1. The lowest BCUT2D eigenvalue weighted by Gasteiger charge is -2.31. The second kappa shape index (κ2) is 15.4. The van der Waals surface area contributed by atoms with Gasteiger partial charge in [0.15, 0.2) is 0 Å². The summed E-state index contributed by atoms with van der Waals surface area (Å²) in [5.41, 5.74) is 2.61. The van der Waals surface area contributed by atoms with Crippen molar-refractivity contribution in [2.24, 2.45) is 0 Å². The van der Waals surface area contributed by atoms with Gasteiger partial charge in [-0.15, -0.1) is 0 Å². The molecule has 0 spiro atoms. The van der Waals surface area contributed by atoms with Gasteiger partial charge in [-0.3, -0.25) is 14.7 Å². The van der Waals surface area contributed by atoms with E-state index < -0.39 is 23.5 Å². The van der Waals surface area contributed by atoms with E-state index in [1.165, 1.54) is 48.0 Å². The zero-order valence-corrected chi connectivity index (χ0v) is 30.4. The Morgan fingerprint density at radius 3 is 2.12 bits per heavy atom. The van der Waals surface area contributed by atoms with E-state index in [0.717, 1.165) is 28.8 Å². The van der Waals surface area contributed by atoms with Crippen LogP contribution >= 0.6 is 23.2 Å². The Kier molecular flexibility index (Phi) is 11.7. The predicted molar refractivity (Wildman–Crippen MR) is 194 cm³/mol. The molecule has 4 rings (SSSR count). The highest BCUT2D eigenvalue weighted by molar-refractivity contribution is 6.38. The fraction of sp³-hybridized carbons (Fsp3) is 0.368. The third-order valence-electron chi connectivity index (χ3n) is 9.13. The monoisotopic (exact) mass is 704 g/mol. The highest BCUT2D eigenvalue weighted by Crippen LogP contribution is 2.39. The molecule has 1 aromatic heterocycles. The van der Waals surface area contributed by atoms with Crippen LogP contribution in [0.15, 0.2) is 65.5 Å². The van der Waals surface area contributed by atoms with E-state index in [4.69, 9.17) is 37.9 Å². The average molecular weight is 706 g/mol. The zero-order chi connectivity index (χ0) is 36.1. The molecule has 2 N–H and O–H groups in total. The second-order valence-corrected chi connectivity index (χ2v) is 14.0. The van der Waals surface area contributed by atoms with Gasteiger partial charge in [-0.2, -0.15) is 5.26 Å². The minimum Gasteiger partial charge on any atom is -0.487 e. The van der Waals surface area contributed by atoms with Crippen molar-refractivity contribution >= 4 is 40.9 Å². The van der Waals surface area contributed by atoms with E-state index in [0.29, 0.717) is 17.5 Å². The molecule has 258 valence electrons. The van der Waals surface area contributed by atoms with E-state index in [1.807, 2.05) is 19.1 Å². The highest BCUT2D eigenvalue weighted by Gasteiger charge is 2.28. The van der Waals surface area contributed by atoms with E-state index in [1.54, 1.807) is 0 Å². The van der Waals surface area contributed by atoms with E-state index >= 15 is 0 Å². The summed E-state index contributed by atoms with van der Waals surface area (Å²) in [6.45, 7) is 15.2.